The molecule has 2 aromatic heterocycles. The number of hydrogen-bond acceptors (Lipinski definition) is 8. The number of aromatic nitrogens is 4. The van der Waals surface area contributed by atoms with Crippen molar-refractivity contribution in [3.05, 3.63) is 96.6 Å². The van der Waals surface area contributed by atoms with Gasteiger partial charge in [0.1, 0.15) is 11.5 Å². The highest BCUT2D eigenvalue weighted by Crippen LogP contribution is 2.22. The summed E-state index contributed by atoms with van der Waals surface area (Å²) in [7, 11) is 0. The van der Waals surface area contributed by atoms with E-state index in [0.29, 0.717) is 13.2 Å². The number of nitrogens with zero attached hydrogens (tertiary/aromatic N) is 4. The molecule has 2 heterocycles. The molecule has 0 N–H and O–H groups in total. The minimum Gasteiger partial charge on any atom is -0.494 e. The van der Waals surface area contributed by atoms with Crippen LogP contribution in [0.15, 0.2) is 85.5 Å². The lowest BCUT2D eigenvalue weighted by atomic mass is 10.1. The van der Waals surface area contributed by atoms with E-state index in [4.69, 9.17) is 18.9 Å². The maximum Gasteiger partial charge on any atom is 0.159 e. The van der Waals surface area contributed by atoms with Crippen molar-refractivity contribution in [2.75, 3.05) is 39.6 Å². The van der Waals surface area contributed by atoms with Crippen LogP contribution >= 0.6 is 0 Å². The summed E-state index contributed by atoms with van der Waals surface area (Å²) in [4.78, 5) is 18.4. The molecule has 0 fully saturated rings. The van der Waals surface area contributed by atoms with Crippen LogP contribution in [0.5, 0.6) is 11.5 Å². The fraction of sp³-hybridized carbons (Fsp3) is 0.577. The van der Waals surface area contributed by atoms with Crippen molar-refractivity contribution in [1.82, 2.24) is 19.9 Å². The molecular formula is C52H76N4O4. The van der Waals surface area contributed by atoms with Gasteiger partial charge in [0.15, 0.2) is 11.6 Å². The Morgan fingerprint density at radius 3 is 1.10 bits per heavy atom. The van der Waals surface area contributed by atoms with Crippen LogP contribution in [-0.2, 0) is 22.3 Å². The first-order valence-corrected chi connectivity index (χ1v) is 23.6. The van der Waals surface area contributed by atoms with Gasteiger partial charge in [-0.1, -0.05) is 103 Å². The van der Waals surface area contributed by atoms with Crippen molar-refractivity contribution in [1.29, 1.82) is 0 Å². The van der Waals surface area contributed by atoms with Gasteiger partial charge in [-0.3, -0.25) is 0 Å². The molecule has 0 aliphatic rings. The molecule has 0 saturated carbocycles. The van der Waals surface area contributed by atoms with Gasteiger partial charge in [-0.05, 0) is 124 Å². The van der Waals surface area contributed by atoms with Crippen LogP contribution in [0.25, 0.3) is 22.8 Å². The fourth-order valence-electron chi connectivity index (χ4n) is 7.02. The van der Waals surface area contributed by atoms with Gasteiger partial charge in [-0.2, -0.15) is 0 Å². The molecule has 4 rings (SSSR count). The summed E-state index contributed by atoms with van der Waals surface area (Å²) in [6.45, 7) is 8.82. The second kappa shape index (κ2) is 32.6. The summed E-state index contributed by atoms with van der Waals surface area (Å²) in [5.41, 5.74) is 4.48. The molecule has 60 heavy (non-hydrogen) atoms. The molecule has 2 aromatic carbocycles. The predicted molar refractivity (Wildman–Crippen MR) is 248 cm³/mol. The van der Waals surface area contributed by atoms with E-state index in [-0.39, 0.29) is 0 Å². The van der Waals surface area contributed by atoms with Crippen molar-refractivity contribution >= 4 is 0 Å². The largest absolute Gasteiger partial charge is 0.494 e. The van der Waals surface area contributed by atoms with Gasteiger partial charge in [0, 0.05) is 49.1 Å². The van der Waals surface area contributed by atoms with E-state index in [1.807, 2.05) is 73.3 Å². The highest BCUT2D eigenvalue weighted by molar-refractivity contribution is 5.56. The van der Waals surface area contributed by atoms with Crippen molar-refractivity contribution in [2.45, 2.75) is 155 Å². The van der Waals surface area contributed by atoms with Crippen LogP contribution in [-0.4, -0.2) is 59.6 Å². The third-order valence-electron chi connectivity index (χ3n) is 10.8. The standard InChI is InChI=1S/C52H76N4O4/c1-3-5-7-9-11-17-25-45-41-53-51(54-42-45)47-27-31-49(32-28-47)59-39-21-15-13-19-35-57-37-23-24-38-58-36-20-14-16-22-40-60-50-33-29-48(30-34-50)52-55-43-46(44-56-52)26-18-12-10-8-6-4-2/h23-24,27-34,41-44H,3-22,25-26,35-40H2,1-2H3/b24-23-. The molecule has 8 heteroatoms. The summed E-state index contributed by atoms with van der Waals surface area (Å²) in [6.07, 6.45) is 38.6. The molecule has 0 spiro atoms. The smallest absolute Gasteiger partial charge is 0.159 e. The maximum atomic E-state index is 5.97. The van der Waals surface area contributed by atoms with Crippen molar-refractivity contribution in [2.24, 2.45) is 0 Å². The maximum absolute atomic E-state index is 5.97. The Morgan fingerprint density at radius 1 is 0.383 bits per heavy atom. The first-order chi connectivity index (χ1) is 29.7. The molecule has 0 amide bonds. The molecule has 0 aliphatic carbocycles. The van der Waals surface area contributed by atoms with E-state index < -0.39 is 0 Å². The molecule has 0 unspecified atom stereocenters. The number of hydrogen-bond donors (Lipinski definition) is 0. The van der Waals surface area contributed by atoms with Gasteiger partial charge < -0.3 is 18.9 Å². The lowest BCUT2D eigenvalue weighted by Crippen LogP contribution is -1.99. The fourth-order valence-corrected chi connectivity index (χ4v) is 7.02. The molecule has 8 nitrogen and oxygen atoms in total. The number of unbranched alkanes of at least 4 members (excludes halogenated alkanes) is 16. The lowest BCUT2D eigenvalue weighted by Gasteiger charge is -2.08. The predicted octanol–water partition coefficient (Wildman–Crippen LogP) is 13.6. The average molecular weight is 821 g/mol. The van der Waals surface area contributed by atoms with E-state index in [1.54, 1.807) is 0 Å². The summed E-state index contributed by atoms with van der Waals surface area (Å²) in [6, 6.07) is 16.2. The molecule has 0 atom stereocenters. The summed E-state index contributed by atoms with van der Waals surface area (Å²) in [5, 5.41) is 0. The first-order valence-electron chi connectivity index (χ1n) is 23.6. The van der Waals surface area contributed by atoms with Gasteiger partial charge >= 0.3 is 0 Å². The number of benzene rings is 2. The highest BCUT2D eigenvalue weighted by atomic mass is 16.5. The molecular weight excluding hydrogens is 745 g/mol. The number of rotatable bonds is 36. The average Bonchev–Trinajstić information content (AvgIpc) is 3.29. The monoisotopic (exact) mass is 821 g/mol. The molecule has 0 bridgehead atoms. The molecule has 0 aliphatic heterocycles. The zero-order valence-electron chi connectivity index (χ0n) is 37.3. The minimum atomic E-state index is 0.639. The quantitative estimate of drug-likeness (QED) is 0.0331. The normalized spacial score (nSPS) is 11.4. The van der Waals surface area contributed by atoms with Gasteiger partial charge in [0.2, 0.25) is 0 Å². The van der Waals surface area contributed by atoms with E-state index in [9.17, 15) is 0 Å². The van der Waals surface area contributed by atoms with Gasteiger partial charge in [-0.15, -0.1) is 0 Å². The highest BCUT2D eigenvalue weighted by Gasteiger charge is 2.05. The molecule has 328 valence electrons. The van der Waals surface area contributed by atoms with Crippen LogP contribution in [0.4, 0.5) is 0 Å². The topological polar surface area (TPSA) is 88.5 Å². The first kappa shape index (κ1) is 48.5. The third-order valence-corrected chi connectivity index (χ3v) is 10.8. The zero-order chi connectivity index (χ0) is 42.0. The van der Waals surface area contributed by atoms with Crippen molar-refractivity contribution in [3.63, 3.8) is 0 Å². The van der Waals surface area contributed by atoms with Crippen LogP contribution < -0.4 is 9.47 Å². The van der Waals surface area contributed by atoms with E-state index in [0.717, 1.165) is 125 Å². The van der Waals surface area contributed by atoms with E-state index in [2.05, 4.69) is 45.9 Å². The molecule has 0 radical (unpaired) electrons. The van der Waals surface area contributed by atoms with Crippen LogP contribution in [0.3, 0.4) is 0 Å². The number of aryl methyl sites for hydroxylation is 2. The Balaban J connectivity index is 0.889. The zero-order valence-corrected chi connectivity index (χ0v) is 37.3. The summed E-state index contributed by atoms with van der Waals surface area (Å²) >= 11 is 0. The second-order valence-electron chi connectivity index (χ2n) is 16.1. The Hall–Kier alpha value is -4.14. The molecule has 4 aromatic rings. The van der Waals surface area contributed by atoms with Gasteiger partial charge in [0.25, 0.3) is 0 Å². The van der Waals surface area contributed by atoms with E-state index >= 15 is 0 Å². The van der Waals surface area contributed by atoms with Crippen LogP contribution in [0.2, 0.25) is 0 Å². The van der Waals surface area contributed by atoms with Crippen molar-refractivity contribution in [3.8, 4) is 34.3 Å². The van der Waals surface area contributed by atoms with E-state index in [1.165, 1.54) is 88.2 Å². The second-order valence-corrected chi connectivity index (χ2v) is 16.1. The van der Waals surface area contributed by atoms with Gasteiger partial charge in [0.05, 0.1) is 26.4 Å². The minimum absolute atomic E-state index is 0.639. The Kier molecular flexibility index (Phi) is 26.4. The summed E-state index contributed by atoms with van der Waals surface area (Å²) in [5.74, 6) is 3.32. The summed E-state index contributed by atoms with van der Waals surface area (Å²) < 4.78 is 23.5. The van der Waals surface area contributed by atoms with Crippen LogP contribution in [0.1, 0.15) is 153 Å². The molecule has 0 saturated heterocycles. The van der Waals surface area contributed by atoms with Crippen molar-refractivity contribution < 1.29 is 18.9 Å². The Labute approximate surface area is 363 Å². The number of ether oxygens (including phenoxy) is 4. The van der Waals surface area contributed by atoms with Crippen LogP contribution in [0, 0.1) is 0 Å². The third kappa shape index (κ3) is 21.9. The Bertz CT molecular complexity index is 1510. The SMILES string of the molecule is CCCCCCCCc1cnc(-c2ccc(OCCCCCCOC/C=C\COCCCCCCOc3ccc(-c4ncc(CCCCCCCC)cn4)cc3)cc2)nc1. The lowest BCUT2D eigenvalue weighted by molar-refractivity contribution is 0.148. The Morgan fingerprint density at radius 2 is 0.717 bits per heavy atom. The van der Waals surface area contributed by atoms with Gasteiger partial charge in [-0.25, -0.2) is 19.9 Å².